The van der Waals surface area contributed by atoms with E-state index < -0.39 is 5.41 Å². The van der Waals surface area contributed by atoms with E-state index in [0.717, 1.165) is 19.4 Å². The van der Waals surface area contributed by atoms with E-state index in [1.807, 2.05) is 20.8 Å². The maximum Gasteiger partial charge on any atom is 0.330 e. The molecule has 1 N–H and O–H groups in total. The van der Waals surface area contributed by atoms with Crippen LogP contribution in [0.4, 0.5) is 0 Å². The minimum absolute atomic E-state index is 0.170. The van der Waals surface area contributed by atoms with Crippen LogP contribution in [0.2, 0.25) is 0 Å². The molecule has 0 aromatic rings. The minimum Gasteiger partial charge on any atom is -0.396 e. The number of aliphatic hydroxyl groups is 1. The maximum atomic E-state index is 11.6. The van der Waals surface area contributed by atoms with Gasteiger partial charge in [0.05, 0.1) is 5.41 Å². The first-order valence-electron chi connectivity index (χ1n) is 5.51. The molecule has 0 spiro atoms. The number of hydrogen-bond acceptors (Lipinski definition) is 4. The van der Waals surface area contributed by atoms with E-state index in [1.165, 1.54) is 0 Å². The van der Waals surface area contributed by atoms with Gasteiger partial charge in [0, 0.05) is 19.7 Å². The summed E-state index contributed by atoms with van der Waals surface area (Å²) >= 11 is 0. The molecule has 0 bridgehead atoms. The number of piperidine rings is 1. The van der Waals surface area contributed by atoms with E-state index in [2.05, 4.69) is 0 Å². The van der Waals surface area contributed by atoms with Gasteiger partial charge >= 0.3 is 5.97 Å². The molecular weight excluding hydrogens is 194 g/mol. The largest absolute Gasteiger partial charge is 0.396 e. The third-order valence-electron chi connectivity index (χ3n) is 2.56. The number of carbonyl (C=O) groups is 1. The van der Waals surface area contributed by atoms with Crippen LogP contribution in [-0.4, -0.2) is 35.8 Å². The molecule has 1 rings (SSSR count). The maximum absolute atomic E-state index is 11.6. The lowest BCUT2D eigenvalue weighted by Crippen LogP contribution is -2.40. The molecule has 1 saturated heterocycles. The van der Waals surface area contributed by atoms with Crippen LogP contribution in [0.15, 0.2) is 0 Å². The summed E-state index contributed by atoms with van der Waals surface area (Å²) in [7, 11) is 0. The van der Waals surface area contributed by atoms with Crippen molar-refractivity contribution in [1.29, 1.82) is 0 Å². The zero-order valence-corrected chi connectivity index (χ0v) is 9.82. The number of carbonyl (C=O) groups excluding carboxylic acids is 1. The molecule has 88 valence electrons. The first-order chi connectivity index (χ1) is 6.93. The summed E-state index contributed by atoms with van der Waals surface area (Å²) in [5, 5.41) is 10.7. The quantitative estimate of drug-likeness (QED) is 0.752. The van der Waals surface area contributed by atoms with Gasteiger partial charge < -0.3 is 9.94 Å². The molecule has 1 heterocycles. The molecule has 1 aliphatic heterocycles. The zero-order chi connectivity index (χ0) is 11.5. The fourth-order valence-corrected chi connectivity index (χ4v) is 1.51. The summed E-state index contributed by atoms with van der Waals surface area (Å²) in [6, 6.07) is 0. The van der Waals surface area contributed by atoms with Crippen molar-refractivity contribution in [3.05, 3.63) is 0 Å². The van der Waals surface area contributed by atoms with Crippen molar-refractivity contribution in [2.24, 2.45) is 11.3 Å². The molecule has 0 aromatic carbocycles. The second kappa shape index (κ2) is 4.94. The monoisotopic (exact) mass is 215 g/mol. The average Bonchev–Trinajstić information content (AvgIpc) is 2.16. The summed E-state index contributed by atoms with van der Waals surface area (Å²) in [6.45, 7) is 7.11. The topological polar surface area (TPSA) is 49.8 Å². The smallest absolute Gasteiger partial charge is 0.330 e. The Balaban J connectivity index is 2.41. The van der Waals surface area contributed by atoms with Crippen LogP contribution >= 0.6 is 0 Å². The fourth-order valence-electron chi connectivity index (χ4n) is 1.51. The minimum atomic E-state index is -0.466. The molecule has 1 aliphatic rings. The van der Waals surface area contributed by atoms with Gasteiger partial charge in [-0.25, -0.2) is 4.79 Å². The fraction of sp³-hybridized carbons (Fsp3) is 0.909. The summed E-state index contributed by atoms with van der Waals surface area (Å²) in [4.78, 5) is 16.9. The van der Waals surface area contributed by atoms with Crippen molar-refractivity contribution in [3.63, 3.8) is 0 Å². The van der Waals surface area contributed by atoms with Crippen molar-refractivity contribution < 1.29 is 14.7 Å². The number of rotatable bonds is 2. The van der Waals surface area contributed by atoms with Crippen LogP contribution < -0.4 is 0 Å². The standard InChI is InChI=1S/C11H21NO3/c1-11(2,3)10(14)15-12-6-4-5-9(7-12)8-13/h9,13H,4-8H2,1-3H3. The Morgan fingerprint density at radius 2 is 2.20 bits per heavy atom. The lowest BCUT2D eigenvalue weighted by molar-refractivity contribution is -0.208. The molecule has 1 fully saturated rings. The van der Waals surface area contributed by atoms with Crippen molar-refractivity contribution in [2.75, 3.05) is 19.7 Å². The van der Waals surface area contributed by atoms with Crippen molar-refractivity contribution in [2.45, 2.75) is 33.6 Å². The molecule has 0 aromatic heterocycles. The molecule has 0 radical (unpaired) electrons. The Labute approximate surface area is 91.2 Å². The first kappa shape index (κ1) is 12.5. The third kappa shape index (κ3) is 3.80. The van der Waals surface area contributed by atoms with Crippen molar-refractivity contribution in [3.8, 4) is 0 Å². The van der Waals surface area contributed by atoms with Crippen LogP contribution in [-0.2, 0) is 9.63 Å². The molecule has 0 saturated carbocycles. The summed E-state index contributed by atoms with van der Waals surface area (Å²) in [6.07, 6.45) is 1.99. The van der Waals surface area contributed by atoms with Crippen LogP contribution in [0.5, 0.6) is 0 Å². The highest BCUT2D eigenvalue weighted by molar-refractivity contribution is 5.75. The van der Waals surface area contributed by atoms with E-state index in [-0.39, 0.29) is 18.5 Å². The predicted octanol–water partition coefficient (Wildman–Crippen LogP) is 1.20. The van der Waals surface area contributed by atoms with Gasteiger partial charge in [-0.2, -0.15) is 0 Å². The summed E-state index contributed by atoms with van der Waals surface area (Å²) in [5.74, 6) is 0.0348. The van der Waals surface area contributed by atoms with Crippen LogP contribution in [0, 0.1) is 11.3 Å². The Morgan fingerprint density at radius 3 is 2.73 bits per heavy atom. The molecule has 1 unspecified atom stereocenters. The third-order valence-corrected chi connectivity index (χ3v) is 2.56. The number of aliphatic hydroxyl groups excluding tert-OH is 1. The molecule has 1 atom stereocenters. The molecule has 4 nitrogen and oxygen atoms in total. The molecule has 0 aliphatic carbocycles. The summed E-state index contributed by atoms with van der Waals surface area (Å²) < 4.78 is 0. The highest BCUT2D eigenvalue weighted by Gasteiger charge is 2.28. The molecule has 15 heavy (non-hydrogen) atoms. The van der Waals surface area contributed by atoms with Crippen LogP contribution in [0.3, 0.4) is 0 Å². The highest BCUT2D eigenvalue weighted by atomic mass is 16.7. The van der Waals surface area contributed by atoms with Crippen LogP contribution in [0.1, 0.15) is 33.6 Å². The van der Waals surface area contributed by atoms with Gasteiger partial charge in [-0.1, -0.05) is 0 Å². The average molecular weight is 215 g/mol. The number of hydroxylamine groups is 2. The van der Waals surface area contributed by atoms with Gasteiger partial charge in [-0.3, -0.25) is 0 Å². The van der Waals surface area contributed by atoms with Gasteiger partial charge in [-0.15, -0.1) is 5.06 Å². The Bertz CT molecular complexity index is 222. The lowest BCUT2D eigenvalue weighted by atomic mass is 9.97. The Hall–Kier alpha value is -0.610. The van der Waals surface area contributed by atoms with Crippen molar-refractivity contribution in [1.82, 2.24) is 5.06 Å². The number of hydrogen-bond donors (Lipinski definition) is 1. The van der Waals surface area contributed by atoms with E-state index in [0.29, 0.717) is 6.54 Å². The summed E-state index contributed by atoms with van der Waals surface area (Å²) in [5.41, 5.74) is -0.466. The predicted molar refractivity (Wildman–Crippen MR) is 56.9 cm³/mol. The van der Waals surface area contributed by atoms with Gasteiger partial charge in [-0.05, 0) is 39.5 Å². The molecule has 0 amide bonds. The molecule has 4 heteroatoms. The Morgan fingerprint density at radius 1 is 1.53 bits per heavy atom. The second-order valence-corrected chi connectivity index (χ2v) is 5.21. The van der Waals surface area contributed by atoms with Gasteiger partial charge in [0.15, 0.2) is 0 Å². The second-order valence-electron chi connectivity index (χ2n) is 5.21. The van der Waals surface area contributed by atoms with Crippen molar-refractivity contribution >= 4 is 5.97 Å². The van der Waals surface area contributed by atoms with Gasteiger partial charge in [0.25, 0.3) is 0 Å². The van der Waals surface area contributed by atoms with E-state index in [1.54, 1.807) is 5.06 Å². The van der Waals surface area contributed by atoms with Gasteiger partial charge in [0.1, 0.15) is 0 Å². The SMILES string of the molecule is CC(C)(C)C(=O)ON1CCCC(CO)C1. The Kier molecular flexibility index (Phi) is 4.11. The molecular formula is C11H21NO3. The number of nitrogens with zero attached hydrogens (tertiary/aromatic N) is 1. The van der Waals surface area contributed by atoms with E-state index in [4.69, 9.17) is 9.94 Å². The van der Waals surface area contributed by atoms with Gasteiger partial charge in [0.2, 0.25) is 0 Å². The van der Waals surface area contributed by atoms with E-state index in [9.17, 15) is 4.79 Å². The van der Waals surface area contributed by atoms with Crippen LogP contribution in [0.25, 0.3) is 0 Å². The first-order valence-corrected chi connectivity index (χ1v) is 5.51. The highest BCUT2D eigenvalue weighted by Crippen LogP contribution is 2.20. The zero-order valence-electron chi connectivity index (χ0n) is 9.82. The lowest BCUT2D eigenvalue weighted by Gasteiger charge is -2.31. The van der Waals surface area contributed by atoms with E-state index >= 15 is 0 Å². The normalized spacial score (nSPS) is 23.9.